The summed E-state index contributed by atoms with van der Waals surface area (Å²) in [7, 11) is -0.979. The quantitative estimate of drug-likeness (QED) is 0.758. The number of rotatable bonds is 4. The van der Waals surface area contributed by atoms with Crippen molar-refractivity contribution in [3.63, 3.8) is 0 Å². The summed E-state index contributed by atoms with van der Waals surface area (Å²) in [5.41, 5.74) is 0. The molecule has 2 heterocycles. The van der Waals surface area contributed by atoms with Crippen LogP contribution >= 0.6 is 0 Å². The molecule has 0 radical (unpaired) electrons. The van der Waals surface area contributed by atoms with Crippen molar-refractivity contribution < 1.29 is 8.42 Å². The van der Waals surface area contributed by atoms with Crippen LogP contribution in [0.3, 0.4) is 0 Å². The van der Waals surface area contributed by atoms with Gasteiger partial charge in [-0.1, -0.05) is 0 Å². The average Bonchev–Trinajstić information content (AvgIpc) is 2.39. The largest absolute Gasteiger partial charge is 0.317 e. The van der Waals surface area contributed by atoms with Crippen molar-refractivity contribution in [3.05, 3.63) is 0 Å². The van der Waals surface area contributed by atoms with Crippen LogP contribution in [0.15, 0.2) is 0 Å². The zero-order valence-electron chi connectivity index (χ0n) is 11.2. The second-order valence-electron chi connectivity index (χ2n) is 5.59. The number of nitrogens with zero attached hydrogens (tertiary/aromatic N) is 1. The molecule has 0 aromatic rings. The maximum Gasteiger partial charge on any atom is 0.214 e. The highest BCUT2D eigenvalue weighted by Gasteiger charge is 2.28. The van der Waals surface area contributed by atoms with Crippen molar-refractivity contribution in [1.82, 2.24) is 14.9 Å². The maximum atomic E-state index is 12.1. The fourth-order valence-corrected chi connectivity index (χ4v) is 4.28. The van der Waals surface area contributed by atoms with Crippen molar-refractivity contribution in [2.75, 3.05) is 39.8 Å². The molecule has 0 aliphatic carbocycles. The topological polar surface area (TPSA) is 61.4 Å². The van der Waals surface area contributed by atoms with Crippen molar-refractivity contribution in [2.24, 2.45) is 5.92 Å². The first-order valence-corrected chi connectivity index (χ1v) is 8.50. The van der Waals surface area contributed by atoms with Gasteiger partial charge in [0, 0.05) is 6.54 Å². The lowest BCUT2D eigenvalue weighted by atomic mass is 9.98. The summed E-state index contributed by atoms with van der Waals surface area (Å²) >= 11 is 0. The van der Waals surface area contributed by atoms with Crippen LogP contribution in [-0.2, 0) is 10.0 Å². The minimum Gasteiger partial charge on any atom is -0.317 e. The Labute approximate surface area is 110 Å². The van der Waals surface area contributed by atoms with E-state index in [1.165, 1.54) is 0 Å². The Bertz CT molecular complexity index is 344. The molecule has 2 fully saturated rings. The summed E-state index contributed by atoms with van der Waals surface area (Å²) in [6, 6.07) is 0. The average molecular weight is 275 g/mol. The lowest BCUT2D eigenvalue weighted by Crippen LogP contribution is -2.44. The van der Waals surface area contributed by atoms with E-state index in [-0.39, 0.29) is 5.25 Å². The molecule has 0 bridgehead atoms. The molecule has 5 nitrogen and oxygen atoms in total. The Kier molecular flexibility index (Phi) is 5.00. The number of piperidine rings is 2. The van der Waals surface area contributed by atoms with E-state index in [0.717, 1.165) is 51.9 Å². The summed E-state index contributed by atoms with van der Waals surface area (Å²) < 4.78 is 27.1. The Morgan fingerprint density at radius 2 is 1.78 bits per heavy atom. The summed E-state index contributed by atoms with van der Waals surface area (Å²) in [6.45, 7) is 4.43. The highest BCUT2D eigenvalue weighted by atomic mass is 32.2. The smallest absolute Gasteiger partial charge is 0.214 e. The third kappa shape index (κ3) is 3.91. The van der Waals surface area contributed by atoms with Gasteiger partial charge in [-0.05, 0) is 64.8 Å². The van der Waals surface area contributed by atoms with Gasteiger partial charge in [0.2, 0.25) is 10.0 Å². The number of sulfonamides is 1. The summed E-state index contributed by atoms with van der Waals surface area (Å²) in [5.74, 6) is 0.512. The number of nitrogens with one attached hydrogen (secondary N) is 2. The predicted octanol–water partition coefficient (Wildman–Crippen LogP) is -0.000400. The number of hydrogen-bond donors (Lipinski definition) is 2. The first kappa shape index (κ1) is 14.2. The predicted molar refractivity (Wildman–Crippen MR) is 73.0 cm³/mol. The maximum absolute atomic E-state index is 12.1. The van der Waals surface area contributed by atoms with Crippen LogP contribution in [0.5, 0.6) is 0 Å². The first-order valence-electron chi connectivity index (χ1n) is 6.95. The zero-order chi connectivity index (χ0) is 13.0. The van der Waals surface area contributed by atoms with Crippen LogP contribution in [0.4, 0.5) is 0 Å². The van der Waals surface area contributed by atoms with Gasteiger partial charge in [0.1, 0.15) is 0 Å². The Balaban J connectivity index is 1.77. The molecule has 2 aliphatic heterocycles. The molecule has 0 amide bonds. The highest BCUT2D eigenvalue weighted by molar-refractivity contribution is 7.90. The van der Waals surface area contributed by atoms with E-state index in [1.807, 2.05) is 0 Å². The molecule has 2 rings (SSSR count). The van der Waals surface area contributed by atoms with Crippen molar-refractivity contribution in [1.29, 1.82) is 0 Å². The third-order valence-corrected chi connectivity index (χ3v) is 6.05. The van der Waals surface area contributed by atoms with Crippen molar-refractivity contribution in [3.8, 4) is 0 Å². The molecule has 106 valence electrons. The second-order valence-corrected chi connectivity index (χ2v) is 7.63. The molecule has 0 atom stereocenters. The van der Waals surface area contributed by atoms with Crippen molar-refractivity contribution >= 4 is 10.0 Å². The van der Waals surface area contributed by atoms with E-state index in [2.05, 4.69) is 22.0 Å². The van der Waals surface area contributed by atoms with Gasteiger partial charge >= 0.3 is 0 Å². The number of hydrogen-bond acceptors (Lipinski definition) is 4. The Hall–Kier alpha value is -0.170. The minimum absolute atomic E-state index is 0.190. The SMILES string of the molecule is CN1CCC(CNS(=O)(=O)C2CCNCC2)CC1. The van der Waals surface area contributed by atoms with Crippen molar-refractivity contribution in [2.45, 2.75) is 30.9 Å². The molecular formula is C12H25N3O2S. The Morgan fingerprint density at radius 3 is 2.39 bits per heavy atom. The van der Waals surface area contributed by atoms with Gasteiger partial charge in [0.15, 0.2) is 0 Å². The standard InChI is InChI=1S/C12H25N3O2S/c1-15-8-4-11(5-9-15)10-14-18(16,17)12-2-6-13-7-3-12/h11-14H,2-10H2,1H3. The van der Waals surface area contributed by atoms with Crippen LogP contribution < -0.4 is 10.0 Å². The lowest BCUT2D eigenvalue weighted by molar-refractivity contribution is 0.220. The fraction of sp³-hybridized carbons (Fsp3) is 1.00. The molecule has 2 saturated heterocycles. The van der Waals surface area contributed by atoms with Gasteiger partial charge in [-0.25, -0.2) is 13.1 Å². The summed E-state index contributed by atoms with van der Waals surface area (Å²) in [6.07, 6.45) is 3.68. The van der Waals surface area contributed by atoms with E-state index in [1.54, 1.807) is 0 Å². The molecule has 2 aliphatic rings. The van der Waals surface area contributed by atoms with Crippen LogP contribution in [0.2, 0.25) is 0 Å². The monoisotopic (exact) mass is 275 g/mol. The molecule has 0 unspecified atom stereocenters. The van der Waals surface area contributed by atoms with E-state index in [9.17, 15) is 8.42 Å². The molecule has 0 saturated carbocycles. The molecule has 0 aromatic carbocycles. The highest BCUT2D eigenvalue weighted by Crippen LogP contribution is 2.17. The van der Waals surface area contributed by atoms with Gasteiger partial charge in [-0.2, -0.15) is 0 Å². The van der Waals surface area contributed by atoms with E-state index >= 15 is 0 Å². The minimum atomic E-state index is -3.10. The lowest BCUT2D eigenvalue weighted by Gasteiger charge is -2.30. The molecule has 2 N–H and O–H groups in total. The van der Waals surface area contributed by atoms with E-state index in [4.69, 9.17) is 0 Å². The van der Waals surface area contributed by atoms with E-state index in [0.29, 0.717) is 12.5 Å². The van der Waals surface area contributed by atoms with Gasteiger partial charge in [-0.3, -0.25) is 0 Å². The van der Waals surface area contributed by atoms with Gasteiger partial charge in [0.25, 0.3) is 0 Å². The summed E-state index contributed by atoms with van der Waals surface area (Å²) in [4.78, 5) is 2.30. The van der Waals surface area contributed by atoms with Crippen LogP contribution in [0, 0.1) is 5.92 Å². The first-order chi connectivity index (χ1) is 8.58. The molecule has 18 heavy (non-hydrogen) atoms. The molecular weight excluding hydrogens is 250 g/mol. The zero-order valence-corrected chi connectivity index (χ0v) is 12.0. The number of likely N-dealkylation sites (tertiary alicyclic amines) is 1. The van der Waals surface area contributed by atoms with Gasteiger partial charge in [-0.15, -0.1) is 0 Å². The fourth-order valence-electron chi connectivity index (χ4n) is 2.72. The van der Waals surface area contributed by atoms with Crippen LogP contribution in [-0.4, -0.2) is 58.3 Å². The second kappa shape index (κ2) is 6.32. The van der Waals surface area contributed by atoms with Crippen LogP contribution in [0.1, 0.15) is 25.7 Å². The van der Waals surface area contributed by atoms with Gasteiger partial charge < -0.3 is 10.2 Å². The molecule has 0 spiro atoms. The van der Waals surface area contributed by atoms with Gasteiger partial charge in [0.05, 0.1) is 5.25 Å². The third-order valence-electron chi connectivity index (χ3n) is 4.14. The normalized spacial score (nSPS) is 25.4. The van der Waals surface area contributed by atoms with E-state index < -0.39 is 10.0 Å². The van der Waals surface area contributed by atoms with Crippen LogP contribution in [0.25, 0.3) is 0 Å². The Morgan fingerprint density at radius 1 is 1.17 bits per heavy atom. The molecule has 0 aromatic heterocycles. The molecule has 6 heteroatoms. The summed E-state index contributed by atoms with van der Waals surface area (Å²) in [5, 5.41) is 3.01.